The third-order valence-corrected chi connectivity index (χ3v) is 5.97. The zero-order valence-corrected chi connectivity index (χ0v) is 16.9. The van der Waals surface area contributed by atoms with Crippen LogP contribution in [0.5, 0.6) is 5.75 Å². The molecule has 1 aromatic rings. The Balaban J connectivity index is 1.74. The van der Waals surface area contributed by atoms with Crippen LogP contribution in [-0.4, -0.2) is 52.5 Å². The highest BCUT2D eigenvalue weighted by Gasteiger charge is 2.39. The van der Waals surface area contributed by atoms with E-state index in [1.54, 1.807) is 0 Å². The van der Waals surface area contributed by atoms with Crippen molar-refractivity contribution in [3.63, 3.8) is 0 Å². The Labute approximate surface area is 170 Å². The molecule has 1 saturated carbocycles. The van der Waals surface area contributed by atoms with E-state index < -0.39 is 18.0 Å². The third kappa shape index (κ3) is 5.12. The molecule has 1 aliphatic heterocycles. The maximum Gasteiger partial charge on any atom is 0.270 e. The molecule has 3 atom stereocenters. The fourth-order valence-corrected chi connectivity index (χ4v) is 4.25. The van der Waals surface area contributed by atoms with Crippen LogP contribution in [0.3, 0.4) is 0 Å². The molecule has 8 heteroatoms. The summed E-state index contributed by atoms with van der Waals surface area (Å²) in [6, 6.07) is 1.30. The quantitative estimate of drug-likeness (QED) is 0.638. The Morgan fingerprint density at radius 1 is 1.34 bits per heavy atom. The second-order valence-corrected chi connectivity index (χ2v) is 8.36. The second-order valence-electron chi connectivity index (χ2n) is 8.36. The minimum atomic E-state index is -0.785. The highest BCUT2D eigenvalue weighted by Crippen LogP contribution is 2.41. The minimum absolute atomic E-state index is 0.00434. The van der Waals surface area contributed by atoms with Gasteiger partial charge in [0, 0.05) is 0 Å². The predicted octanol–water partition coefficient (Wildman–Crippen LogP) is 1.72. The molecule has 2 amide bonds. The van der Waals surface area contributed by atoms with Crippen molar-refractivity contribution in [3.05, 3.63) is 24.0 Å². The Morgan fingerprint density at radius 2 is 2.07 bits per heavy atom. The van der Waals surface area contributed by atoms with Crippen LogP contribution >= 0.6 is 0 Å². The maximum atomic E-state index is 13.1. The number of hydrogen-bond donors (Lipinski definition) is 3. The van der Waals surface area contributed by atoms with Gasteiger partial charge in [0.05, 0.1) is 12.3 Å². The average molecular weight is 403 g/mol. The summed E-state index contributed by atoms with van der Waals surface area (Å²) in [7, 11) is 0. The van der Waals surface area contributed by atoms with Gasteiger partial charge in [0.15, 0.2) is 5.78 Å². The number of carbonyl (C=O) groups is 3. The van der Waals surface area contributed by atoms with Crippen molar-refractivity contribution >= 4 is 17.6 Å². The lowest BCUT2D eigenvalue weighted by Gasteiger charge is -2.30. The third-order valence-electron chi connectivity index (χ3n) is 5.97. The van der Waals surface area contributed by atoms with Gasteiger partial charge in [-0.1, -0.05) is 26.7 Å². The van der Waals surface area contributed by atoms with Gasteiger partial charge in [-0.2, -0.15) is 0 Å². The number of nitrogens with zero attached hydrogens (tertiary/aromatic N) is 1. The molecule has 2 fully saturated rings. The average Bonchev–Trinajstić information content (AvgIpc) is 3.27. The first-order valence-electron chi connectivity index (χ1n) is 10.2. The van der Waals surface area contributed by atoms with Crippen LogP contribution in [0, 0.1) is 5.41 Å². The number of nitrogens with one attached hydrogen (secondary N) is 2. The number of pyridine rings is 1. The topological polar surface area (TPSA) is 118 Å². The number of Topliss-reactive ketones (excluding diaryl/α,β-unsaturated/α-hetero) is 1. The summed E-state index contributed by atoms with van der Waals surface area (Å²) in [5.41, 5.74) is 0.0711. The number of rotatable bonds is 7. The van der Waals surface area contributed by atoms with E-state index in [1.807, 2.05) is 6.92 Å². The number of ketones is 1. The van der Waals surface area contributed by atoms with E-state index in [-0.39, 0.29) is 41.3 Å². The first-order chi connectivity index (χ1) is 13.8. The van der Waals surface area contributed by atoms with Gasteiger partial charge in [-0.25, -0.2) is 4.98 Å². The van der Waals surface area contributed by atoms with Crippen LogP contribution < -0.4 is 10.6 Å². The molecule has 2 heterocycles. The molecule has 2 aliphatic rings. The van der Waals surface area contributed by atoms with Crippen LogP contribution in [0.4, 0.5) is 0 Å². The van der Waals surface area contributed by atoms with E-state index >= 15 is 0 Å². The molecular formula is C21H29N3O5. The molecule has 0 spiro atoms. The Bertz CT molecular complexity index is 758. The number of aromatic nitrogens is 1. The van der Waals surface area contributed by atoms with Crippen molar-refractivity contribution in [1.82, 2.24) is 15.6 Å². The monoisotopic (exact) mass is 403 g/mol. The summed E-state index contributed by atoms with van der Waals surface area (Å²) in [5, 5.41) is 14.9. The Morgan fingerprint density at radius 3 is 2.69 bits per heavy atom. The van der Waals surface area contributed by atoms with Crippen molar-refractivity contribution in [3.8, 4) is 5.75 Å². The summed E-state index contributed by atoms with van der Waals surface area (Å²) in [5.74, 6) is -1.07. The van der Waals surface area contributed by atoms with Crippen molar-refractivity contribution in [2.75, 3.05) is 6.61 Å². The van der Waals surface area contributed by atoms with Gasteiger partial charge in [-0.3, -0.25) is 14.4 Å². The number of amides is 2. The Hall–Kier alpha value is -2.48. The van der Waals surface area contributed by atoms with Crippen LogP contribution in [0.2, 0.25) is 0 Å². The first kappa shape index (κ1) is 21.2. The van der Waals surface area contributed by atoms with Gasteiger partial charge >= 0.3 is 0 Å². The van der Waals surface area contributed by atoms with Gasteiger partial charge in [0.2, 0.25) is 5.91 Å². The van der Waals surface area contributed by atoms with Crippen molar-refractivity contribution in [2.45, 2.75) is 70.6 Å². The maximum absolute atomic E-state index is 13.1. The van der Waals surface area contributed by atoms with E-state index in [4.69, 9.17) is 4.74 Å². The fraction of sp³-hybridized carbons (Fsp3) is 0.619. The molecule has 8 nitrogen and oxygen atoms in total. The highest BCUT2D eigenvalue weighted by molar-refractivity contribution is 5.98. The van der Waals surface area contributed by atoms with Gasteiger partial charge in [-0.05, 0) is 43.2 Å². The van der Waals surface area contributed by atoms with Crippen LogP contribution in [-0.2, 0) is 14.3 Å². The predicted molar refractivity (Wildman–Crippen MR) is 105 cm³/mol. The standard InChI is InChI=1S/C21H29N3O5/c1-3-17-18(16(26)12-29-17)24-20(28)15(10-21(2)8-4-5-9-21)23-19(27)14-7-6-13(25)11-22-14/h6-7,11,15,17-18,25H,3-5,8-10,12H2,1-2H3,(H,23,27)(H,24,28)/t15-,17-,18+/m0/s1. The van der Waals surface area contributed by atoms with E-state index in [9.17, 15) is 19.5 Å². The Kier molecular flexibility index (Phi) is 6.52. The van der Waals surface area contributed by atoms with Crippen molar-refractivity contribution < 1.29 is 24.2 Å². The summed E-state index contributed by atoms with van der Waals surface area (Å²) in [6.07, 6.45) is 6.13. The minimum Gasteiger partial charge on any atom is -0.506 e. The smallest absolute Gasteiger partial charge is 0.270 e. The largest absolute Gasteiger partial charge is 0.506 e. The van der Waals surface area contributed by atoms with Crippen LogP contribution in [0.25, 0.3) is 0 Å². The lowest BCUT2D eigenvalue weighted by Crippen LogP contribution is -2.54. The number of carbonyl (C=O) groups excluding carboxylic acids is 3. The van der Waals surface area contributed by atoms with E-state index in [0.717, 1.165) is 25.7 Å². The number of aromatic hydroxyl groups is 1. The fourth-order valence-electron chi connectivity index (χ4n) is 4.25. The zero-order chi connectivity index (χ0) is 21.0. The molecule has 1 aliphatic carbocycles. The molecule has 29 heavy (non-hydrogen) atoms. The van der Waals surface area contributed by atoms with E-state index in [1.165, 1.54) is 18.3 Å². The van der Waals surface area contributed by atoms with Gasteiger partial charge in [0.25, 0.3) is 5.91 Å². The summed E-state index contributed by atoms with van der Waals surface area (Å²) in [6.45, 7) is 4.03. The second kappa shape index (κ2) is 8.90. The number of ether oxygens (including phenoxy) is 1. The normalized spacial score (nSPS) is 24.3. The van der Waals surface area contributed by atoms with Gasteiger partial charge in [0.1, 0.15) is 30.1 Å². The molecule has 0 radical (unpaired) electrons. The van der Waals surface area contributed by atoms with Crippen LogP contribution in [0.1, 0.15) is 62.9 Å². The molecule has 3 rings (SSSR count). The first-order valence-corrected chi connectivity index (χ1v) is 10.2. The molecule has 158 valence electrons. The number of hydrogen-bond acceptors (Lipinski definition) is 6. The van der Waals surface area contributed by atoms with Gasteiger partial charge < -0.3 is 20.5 Å². The lowest BCUT2D eigenvalue weighted by atomic mass is 9.81. The SMILES string of the molecule is CC[C@@H]1OCC(=O)[C@H]1NC(=O)[C@H](CC1(C)CCCC1)NC(=O)c1ccc(O)cn1. The molecule has 1 aromatic heterocycles. The van der Waals surface area contributed by atoms with Crippen LogP contribution in [0.15, 0.2) is 18.3 Å². The molecule has 1 saturated heterocycles. The molecule has 3 N–H and O–H groups in total. The molecule has 0 unspecified atom stereocenters. The highest BCUT2D eigenvalue weighted by atomic mass is 16.5. The van der Waals surface area contributed by atoms with Crippen molar-refractivity contribution in [1.29, 1.82) is 0 Å². The summed E-state index contributed by atoms with van der Waals surface area (Å²) < 4.78 is 5.44. The van der Waals surface area contributed by atoms with E-state index in [0.29, 0.717) is 12.8 Å². The lowest BCUT2D eigenvalue weighted by molar-refractivity contribution is -0.128. The zero-order valence-electron chi connectivity index (χ0n) is 16.9. The summed E-state index contributed by atoms with van der Waals surface area (Å²) >= 11 is 0. The molecular weight excluding hydrogens is 374 g/mol. The van der Waals surface area contributed by atoms with E-state index in [2.05, 4.69) is 22.5 Å². The van der Waals surface area contributed by atoms with Gasteiger partial charge in [-0.15, -0.1) is 0 Å². The summed E-state index contributed by atoms with van der Waals surface area (Å²) in [4.78, 5) is 41.7. The molecule has 0 aromatic carbocycles. The molecule has 0 bridgehead atoms. The van der Waals surface area contributed by atoms with Crippen molar-refractivity contribution in [2.24, 2.45) is 5.41 Å².